The Morgan fingerprint density at radius 3 is 2.45 bits per heavy atom. The van der Waals surface area contributed by atoms with Crippen LogP contribution in [0.4, 0.5) is 0 Å². The molecule has 0 atom stereocenters. The normalized spacial score (nSPS) is 9.82. The average Bonchev–Trinajstić information content (AvgIpc) is 2.01. The van der Waals surface area contributed by atoms with Crippen LogP contribution in [0, 0.1) is 7.14 Å². The molecule has 1 nitrogen and oxygen atoms in total. The third-order valence-electron chi connectivity index (χ3n) is 1.22. The number of rotatable bonds is 1. The van der Waals surface area contributed by atoms with Gasteiger partial charge >= 0.3 is 0 Å². The molecule has 0 heterocycles. The highest BCUT2D eigenvalue weighted by Crippen LogP contribution is 2.30. The number of halogens is 3. The van der Waals surface area contributed by atoms with Crippen LogP contribution in [0.2, 0.25) is 0 Å². The Hall–Kier alpha value is 0.960. The summed E-state index contributed by atoms with van der Waals surface area (Å²) in [6.45, 7) is 0. The number of hydrogen-bond acceptors (Lipinski definition) is 1. The molecule has 0 radical (unpaired) electrons. The molecule has 0 aliphatic heterocycles. The Morgan fingerprint density at radius 2 is 1.91 bits per heavy atom. The smallest absolute Gasteiger partial charge is 0.133 e. The van der Waals surface area contributed by atoms with Crippen molar-refractivity contribution in [3.05, 3.63) is 23.7 Å². The zero-order chi connectivity index (χ0) is 8.43. The van der Waals surface area contributed by atoms with Crippen LogP contribution in [0.3, 0.4) is 0 Å². The number of benzene rings is 1. The van der Waals surface area contributed by atoms with Gasteiger partial charge in [0.2, 0.25) is 0 Å². The maximum atomic E-state index is 5.15. The quantitative estimate of drug-likeness (QED) is 0.480. The second kappa shape index (κ2) is 4.27. The highest BCUT2D eigenvalue weighted by atomic mass is 127. The minimum atomic E-state index is 0.929. The fraction of sp³-hybridized carbons (Fsp3) is 0.143. The van der Waals surface area contributed by atoms with Crippen molar-refractivity contribution in [3.63, 3.8) is 0 Å². The molecule has 0 fully saturated rings. The summed E-state index contributed by atoms with van der Waals surface area (Å²) in [5.41, 5.74) is 0. The second-order valence-electron chi connectivity index (χ2n) is 1.88. The lowest BCUT2D eigenvalue weighted by Gasteiger charge is -2.05. The molecule has 0 aliphatic rings. The van der Waals surface area contributed by atoms with Crippen LogP contribution < -0.4 is 4.74 Å². The lowest BCUT2D eigenvalue weighted by Crippen LogP contribution is -1.89. The van der Waals surface area contributed by atoms with Gasteiger partial charge in [0.25, 0.3) is 0 Å². The zero-order valence-corrected chi connectivity index (χ0v) is 11.6. The minimum Gasteiger partial charge on any atom is -0.496 e. The lowest BCUT2D eigenvalue weighted by atomic mass is 10.3. The first-order valence-electron chi connectivity index (χ1n) is 2.84. The van der Waals surface area contributed by atoms with E-state index < -0.39 is 0 Å². The van der Waals surface area contributed by atoms with E-state index in [0.717, 1.165) is 13.8 Å². The van der Waals surface area contributed by atoms with E-state index in [9.17, 15) is 0 Å². The number of ether oxygens (including phenoxy) is 1. The van der Waals surface area contributed by atoms with Gasteiger partial charge in [-0.3, -0.25) is 0 Å². The van der Waals surface area contributed by atoms with Gasteiger partial charge in [0.1, 0.15) is 5.75 Å². The van der Waals surface area contributed by atoms with E-state index in [2.05, 4.69) is 61.1 Å². The second-order valence-corrected chi connectivity index (χ2v) is 4.89. The number of hydrogen-bond donors (Lipinski definition) is 0. The first-order chi connectivity index (χ1) is 5.16. The largest absolute Gasteiger partial charge is 0.496 e. The Kier molecular flexibility index (Phi) is 3.90. The predicted octanol–water partition coefficient (Wildman–Crippen LogP) is 3.67. The van der Waals surface area contributed by atoms with Crippen LogP contribution in [-0.4, -0.2) is 7.11 Å². The van der Waals surface area contributed by atoms with Crippen molar-refractivity contribution in [1.82, 2.24) is 0 Å². The topological polar surface area (TPSA) is 9.23 Å². The summed E-state index contributed by atoms with van der Waals surface area (Å²) < 4.78 is 8.61. The van der Waals surface area contributed by atoms with E-state index in [1.165, 1.54) is 3.57 Å². The molecule has 0 saturated heterocycles. The number of methoxy groups -OCH3 is 1. The van der Waals surface area contributed by atoms with Gasteiger partial charge in [-0.25, -0.2) is 0 Å². The van der Waals surface area contributed by atoms with Gasteiger partial charge < -0.3 is 4.74 Å². The summed E-state index contributed by atoms with van der Waals surface area (Å²) in [5, 5.41) is 0. The van der Waals surface area contributed by atoms with Crippen molar-refractivity contribution >= 4 is 61.1 Å². The standard InChI is InChI=1S/C7H5BrI2O/c1-11-5-3-2-4(8)6(9)7(5)10/h2-3H,1H3. The van der Waals surface area contributed by atoms with Crippen molar-refractivity contribution in [2.24, 2.45) is 0 Å². The van der Waals surface area contributed by atoms with E-state index in [1.807, 2.05) is 12.1 Å². The van der Waals surface area contributed by atoms with Gasteiger partial charge in [-0.2, -0.15) is 0 Å². The molecule has 1 aromatic rings. The van der Waals surface area contributed by atoms with E-state index in [1.54, 1.807) is 7.11 Å². The van der Waals surface area contributed by atoms with Crippen molar-refractivity contribution < 1.29 is 4.74 Å². The average molecular weight is 439 g/mol. The molecule has 0 saturated carbocycles. The highest BCUT2D eigenvalue weighted by molar-refractivity contribution is 14.1. The Labute approximate surface area is 101 Å². The third-order valence-corrected chi connectivity index (χ3v) is 5.85. The molecule has 1 rings (SSSR count). The molecule has 0 N–H and O–H groups in total. The summed E-state index contributed by atoms with van der Waals surface area (Å²) in [5.74, 6) is 0.929. The molecule has 60 valence electrons. The van der Waals surface area contributed by atoms with Crippen LogP contribution >= 0.6 is 61.1 Å². The van der Waals surface area contributed by atoms with Crippen LogP contribution in [0.15, 0.2) is 16.6 Å². The van der Waals surface area contributed by atoms with Gasteiger partial charge in [0.15, 0.2) is 0 Å². The molecular formula is C7H5BrI2O. The minimum absolute atomic E-state index is 0.929. The van der Waals surface area contributed by atoms with Gasteiger partial charge in [-0.1, -0.05) is 0 Å². The Bertz CT molecular complexity index is 275. The van der Waals surface area contributed by atoms with Gasteiger partial charge in [-0.05, 0) is 73.2 Å². The fourth-order valence-corrected chi connectivity index (χ4v) is 2.50. The summed E-state index contributed by atoms with van der Waals surface area (Å²) in [6.07, 6.45) is 0. The van der Waals surface area contributed by atoms with Crippen LogP contribution in [0.5, 0.6) is 5.75 Å². The molecule has 0 amide bonds. The van der Waals surface area contributed by atoms with E-state index in [0.29, 0.717) is 0 Å². The fourth-order valence-electron chi connectivity index (χ4n) is 0.666. The predicted molar refractivity (Wildman–Crippen MR) is 66.1 cm³/mol. The third kappa shape index (κ3) is 2.21. The Balaban J connectivity index is 3.25. The summed E-state index contributed by atoms with van der Waals surface area (Å²) in [7, 11) is 1.68. The maximum absolute atomic E-state index is 5.15. The van der Waals surface area contributed by atoms with Gasteiger partial charge in [0.05, 0.1) is 10.7 Å². The van der Waals surface area contributed by atoms with Crippen LogP contribution in [0.25, 0.3) is 0 Å². The first-order valence-corrected chi connectivity index (χ1v) is 5.79. The monoisotopic (exact) mass is 438 g/mol. The SMILES string of the molecule is COc1ccc(Br)c(I)c1I. The molecule has 0 bridgehead atoms. The van der Waals surface area contributed by atoms with Crippen molar-refractivity contribution in [2.45, 2.75) is 0 Å². The summed E-state index contributed by atoms with van der Waals surface area (Å²) in [4.78, 5) is 0. The van der Waals surface area contributed by atoms with E-state index >= 15 is 0 Å². The molecule has 0 spiro atoms. The molecule has 4 heteroatoms. The highest BCUT2D eigenvalue weighted by Gasteiger charge is 2.06. The zero-order valence-electron chi connectivity index (χ0n) is 5.70. The van der Waals surface area contributed by atoms with E-state index in [4.69, 9.17) is 4.74 Å². The van der Waals surface area contributed by atoms with Crippen LogP contribution in [-0.2, 0) is 0 Å². The molecule has 0 aromatic heterocycles. The van der Waals surface area contributed by atoms with Gasteiger partial charge in [-0.15, -0.1) is 0 Å². The molecule has 11 heavy (non-hydrogen) atoms. The summed E-state index contributed by atoms with van der Waals surface area (Å²) in [6, 6.07) is 3.94. The first kappa shape index (κ1) is 10.0. The van der Waals surface area contributed by atoms with Crippen LogP contribution in [0.1, 0.15) is 0 Å². The van der Waals surface area contributed by atoms with E-state index in [-0.39, 0.29) is 0 Å². The summed E-state index contributed by atoms with van der Waals surface area (Å²) >= 11 is 7.99. The van der Waals surface area contributed by atoms with Crippen molar-refractivity contribution in [3.8, 4) is 5.75 Å². The Morgan fingerprint density at radius 1 is 1.27 bits per heavy atom. The molecular weight excluding hydrogens is 434 g/mol. The van der Waals surface area contributed by atoms with Crippen molar-refractivity contribution in [2.75, 3.05) is 7.11 Å². The van der Waals surface area contributed by atoms with Crippen molar-refractivity contribution in [1.29, 1.82) is 0 Å². The maximum Gasteiger partial charge on any atom is 0.133 e. The molecule has 1 aromatic carbocycles. The van der Waals surface area contributed by atoms with Gasteiger partial charge in [0, 0.05) is 8.04 Å². The molecule has 0 aliphatic carbocycles. The lowest BCUT2D eigenvalue weighted by molar-refractivity contribution is 0.411. The molecule has 0 unspecified atom stereocenters.